The molecule has 122 valence electrons. The van der Waals surface area contributed by atoms with E-state index in [9.17, 15) is 9.18 Å². The number of carbonyl (C=O) groups is 1. The SMILES string of the molecule is Cc1nnc(SCC(=O)NCCc2ccc(F)cc2)n1C1CC1. The lowest BCUT2D eigenvalue weighted by Gasteiger charge is -2.07. The number of benzene rings is 1. The van der Waals surface area contributed by atoms with Crippen LogP contribution in [0.1, 0.15) is 30.3 Å². The Kier molecular flexibility index (Phi) is 4.95. The normalized spacial score (nSPS) is 14.0. The van der Waals surface area contributed by atoms with Crippen molar-refractivity contribution in [2.24, 2.45) is 0 Å². The molecule has 1 aromatic carbocycles. The molecule has 5 nitrogen and oxygen atoms in total. The van der Waals surface area contributed by atoms with Gasteiger partial charge in [-0.15, -0.1) is 10.2 Å². The fraction of sp³-hybridized carbons (Fsp3) is 0.438. The molecule has 1 fully saturated rings. The highest BCUT2D eigenvalue weighted by atomic mass is 32.2. The lowest BCUT2D eigenvalue weighted by atomic mass is 10.1. The van der Waals surface area contributed by atoms with Gasteiger partial charge in [0.15, 0.2) is 5.16 Å². The molecule has 2 aromatic rings. The van der Waals surface area contributed by atoms with E-state index in [1.807, 2.05) is 6.92 Å². The van der Waals surface area contributed by atoms with Crippen molar-refractivity contribution in [3.63, 3.8) is 0 Å². The first-order valence-corrected chi connectivity index (χ1v) is 8.67. The minimum Gasteiger partial charge on any atom is -0.355 e. The summed E-state index contributed by atoms with van der Waals surface area (Å²) in [5, 5.41) is 11.9. The van der Waals surface area contributed by atoms with Gasteiger partial charge in [-0.25, -0.2) is 4.39 Å². The first kappa shape index (κ1) is 16.0. The molecule has 0 saturated heterocycles. The molecule has 1 heterocycles. The van der Waals surface area contributed by atoms with E-state index in [0.29, 0.717) is 24.8 Å². The second kappa shape index (κ2) is 7.12. The van der Waals surface area contributed by atoms with Crippen LogP contribution in [-0.2, 0) is 11.2 Å². The first-order chi connectivity index (χ1) is 11.1. The molecule has 1 aliphatic carbocycles. The average molecular weight is 334 g/mol. The zero-order chi connectivity index (χ0) is 16.2. The van der Waals surface area contributed by atoms with Crippen LogP contribution < -0.4 is 5.32 Å². The van der Waals surface area contributed by atoms with Crippen LogP contribution in [0.25, 0.3) is 0 Å². The van der Waals surface area contributed by atoms with Gasteiger partial charge < -0.3 is 9.88 Å². The number of thioether (sulfide) groups is 1. The summed E-state index contributed by atoms with van der Waals surface area (Å²) in [6, 6.07) is 6.84. The molecule has 23 heavy (non-hydrogen) atoms. The fourth-order valence-electron chi connectivity index (χ4n) is 2.38. The van der Waals surface area contributed by atoms with Gasteiger partial charge in [0, 0.05) is 12.6 Å². The molecule has 3 rings (SSSR count). The smallest absolute Gasteiger partial charge is 0.230 e. The van der Waals surface area contributed by atoms with E-state index >= 15 is 0 Å². The van der Waals surface area contributed by atoms with E-state index in [4.69, 9.17) is 0 Å². The van der Waals surface area contributed by atoms with Crippen molar-refractivity contribution >= 4 is 17.7 Å². The van der Waals surface area contributed by atoms with Crippen LogP contribution >= 0.6 is 11.8 Å². The van der Waals surface area contributed by atoms with Gasteiger partial charge in [-0.3, -0.25) is 4.79 Å². The summed E-state index contributed by atoms with van der Waals surface area (Å²) in [5.74, 6) is 0.963. The minimum atomic E-state index is -0.246. The summed E-state index contributed by atoms with van der Waals surface area (Å²) in [5.41, 5.74) is 1.00. The Morgan fingerprint density at radius 2 is 2.09 bits per heavy atom. The number of aromatic nitrogens is 3. The Labute approximate surface area is 138 Å². The van der Waals surface area contributed by atoms with Gasteiger partial charge in [-0.1, -0.05) is 23.9 Å². The molecule has 1 amide bonds. The summed E-state index contributed by atoms with van der Waals surface area (Å²) < 4.78 is 14.9. The largest absolute Gasteiger partial charge is 0.355 e. The van der Waals surface area contributed by atoms with E-state index < -0.39 is 0 Å². The zero-order valence-corrected chi connectivity index (χ0v) is 13.8. The average Bonchev–Trinajstić information content (AvgIpc) is 3.30. The van der Waals surface area contributed by atoms with Crippen LogP contribution in [0.5, 0.6) is 0 Å². The quantitative estimate of drug-likeness (QED) is 0.791. The standard InChI is InChI=1S/C16H19FN4OS/c1-11-19-20-16(21(11)14-6-7-14)23-10-15(22)18-9-8-12-2-4-13(17)5-3-12/h2-5,14H,6-10H2,1H3,(H,18,22). The molecule has 0 bridgehead atoms. The fourth-order valence-corrected chi connectivity index (χ4v) is 3.26. The Balaban J connectivity index is 1.42. The number of aryl methyl sites for hydroxylation is 1. The van der Waals surface area contributed by atoms with Crippen LogP contribution in [0.2, 0.25) is 0 Å². The van der Waals surface area contributed by atoms with E-state index in [1.54, 1.807) is 12.1 Å². The third kappa shape index (κ3) is 4.31. The van der Waals surface area contributed by atoms with E-state index in [0.717, 1.165) is 29.4 Å². The molecular formula is C16H19FN4OS. The monoisotopic (exact) mass is 334 g/mol. The predicted molar refractivity (Wildman–Crippen MR) is 86.9 cm³/mol. The number of nitrogens with zero attached hydrogens (tertiary/aromatic N) is 3. The third-order valence-electron chi connectivity index (χ3n) is 3.73. The number of halogens is 1. The Hall–Kier alpha value is -1.89. The molecule has 0 atom stereocenters. The van der Waals surface area contributed by atoms with Crippen molar-refractivity contribution in [1.82, 2.24) is 20.1 Å². The van der Waals surface area contributed by atoms with E-state index in [2.05, 4.69) is 20.1 Å². The van der Waals surface area contributed by atoms with Crippen LogP contribution in [0.3, 0.4) is 0 Å². The molecule has 0 spiro atoms. The van der Waals surface area contributed by atoms with Gasteiger partial charge in [-0.05, 0) is 43.9 Å². The van der Waals surface area contributed by atoms with Crippen LogP contribution in [-0.4, -0.2) is 33.0 Å². The molecular weight excluding hydrogens is 315 g/mol. The minimum absolute atomic E-state index is 0.0277. The van der Waals surface area contributed by atoms with Gasteiger partial charge in [0.05, 0.1) is 5.75 Å². The maximum atomic E-state index is 12.8. The summed E-state index contributed by atoms with van der Waals surface area (Å²) in [6.07, 6.45) is 3.01. The Bertz CT molecular complexity index is 682. The number of hydrogen-bond acceptors (Lipinski definition) is 4. The number of rotatable bonds is 7. The van der Waals surface area contributed by atoms with Crippen molar-refractivity contribution in [3.8, 4) is 0 Å². The number of amides is 1. The summed E-state index contributed by atoms with van der Waals surface area (Å²) in [6.45, 7) is 2.48. The maximum Gasteiger partial charge on any atom is 0.230 e. The lowest BCUT2D eigenvalue weighted by molar-refractivity contribution is -0.118. The van der Waals surface area contributed by atoms with Crippen molar-refractivity contribution in [2.75, 3.05) is 12.3 Å². The van der Waals surface area contributed by atoms with Crippen molar-refractivity contribution in [2.45, 2.75) is 37.4 Å². The first-order valence-electron chi connectivity index (χ1n) is 7.69. The molecule has 1 N–H and O–H groups in total. The summed E-state index contributed by atoms with van der Waals surface area (Å²) >= 11 is 1.42. The van der Waals surface area contributed by atoms with Gasteiger partial charge in [0.1, 0.15) is 11.6 Å². The van der Waals surface area contributed by atoms with Gasteiger partial charge >= 0.3 is 0 Å². The van der Waals surface area contributed by atoms with Crippen LogP contribution in [0.4, 0.5) is 4.39 Å². The molecule has 0 aliphatic heterocycles. The van der Waals surface area contributed by atoms with Crippen molar-refractivity contribution < 1.29 is 9.18 Å². The molecule has 1 saturated carbocycles. The van der Waals surface area contributed by atoms with Crippen LogP contribution in [0.15, 0.2) is 29.4 Å². The molecule has 0 radical (unpaired) electrons. The van der Waals surface area contributed by atoms with Crippen LogP contribution in [0, 0.1) is 12.7 Å². The van der Waals surface area contributed by atoms with Crippen molar-refractivity contribution in [3.05, 3.63) is 41.5 Å². The van der Waals surface area contributed by atoms with Gasteiger partial charge in [0.25, 0.3) is 0 Å². The van der Waals surface area contributed by atoms with E-state index in [-0.39, 0.29) is 11.7 Å². The maximum absolute atomic E-state index is 12.8. The van der Waals surface area contributed by atoms with Crippen molar-refractivity contribution in [1.29, 1.82) is 0 Å². The van der Waals surface area contributed by atoms with Gasteiger partial charge in [0.2, 0.25) is 5.91 Å². The molecule has 7 heteroatoms. The molecule has 0 unspecified atom stereocenters. The summed E-state index contributed by atoms with van der Waals surface area (Å²) in [7, 11) is 0. The highest BCUT2D eigenvalue weighted by Crippen LogP contribution is 2.38. The second-order valence-corrected chi connectivity index (χ2v) is 6.59. The number of nitrogens with one attached hydrogen (secondary N) is 1. The second-order valence-electron chi connectivity index (χ2n) is 5.65. The number of carbonyl (C=O) groups excluding carboxylic acids is 1. The van der Waals surface area contributed by atoms with Gasteiger partial charge in [-0.2, -0.15) is 0 Å². The molecule has 1 aliphatic rings. The predicted octanol–water partition coefficient (Wildman–Crippen LogP) is 2.51. The Morgan fingerprint density at radius 1 is 1.35 bits per heavy atom. The zero-order valence-electron chi connectivity index (χ0n) is 13.0. The highest BCUT2D eigenvalue weighted by molar-refractivity contribution is 7.99. The third-order valence-corrected chi connectivity index (χ3v) is 4.67. The Morgan fingerprint density at radius 3 is 2.78 bits per heavy atom. The topological polar surface area (TPSA) is 59.8 Å². The summed E-state index contributed by atoms with van der Waals surface area (Å²) in [4.78, 5) is 11.9. The highest BCUT2D eigenvalue weighted by Gasteiger charge is 2.28. The lowest BCUT2D eigenvalue weighted by Crippen LogP contribution is -2.27. The number of hydrogen-bond donors (Lipinski definition) is 1. The molecule has 1 aromatic heterocycles. The van der Waals surface area contributed by atoms with E-state index in [1.165, 1.54) is 23.9 Å².